The van der Waals surface area contributed by atoms with E-state index >= 15 is 0 Å². The second-order valence-electron chi connectivity index (χ2n) is 4.92. The van der Waals surface area contributed by atoms with Crippen molar-refractivity contribution in [3.8, 4) is 5.75 Å². The van der Waals surface area contributed by atoms with Gasteiger partial charge in [-0.05, 0) is 30.5 Å². The number of hydrogen-bond donors (Lipinski definition) is 1. The molecule has 0 atom stereocenters. The molecule has 0 bridgehead atoms. The third-order valence-corrected chi connectivity index (χ3v) is 5.03. The van der Waals surface area contributed by atoms with Crippen LogP contribution in [0.25, 0.3) is 0 Å². The molecule has 1 aromatic rings. The summed E-state index contributed by atoms with van der Waals surface area (Å²) in [5.41, 5.74) is 8.18. The molecule has 100 valence electrons. The van der Waals surface area contributed by atoms with Gasteiger partial charge in [-0.1, -0.05) is 25.3 Å². The average Bonchev–Trinajstić information content (AvgIpc) is 2.45. The van der Waals surface area contributed by atoms with Gasteiger partial charge in [-0.15, -0.1) is 0 Å². The molecule has 0 saturated heterocycles. The summed E-state index contributed by atoms with van der Waals surface area (Å²) >= 11 is 2.08. The summed E-state index contributed by atoms with van der Waals surface area (Å²) in [6, 6.07) is 6.28. The van der Waals surface area contributed by atoms with Gasteiger partial charge in [0.05, 0.1) is 7.11 Å². The lowest BCUT2D eigenvalue weighted by atomic mass is 10.0. The molecule has 1 aromatic carbocycles. The van der Waals surface area contributed by atoms with E-state index in [0.29, 0.717) is 6.54 Å². The Hall–Kier alpha value is -0.670. The molecule has 1 aliphatic carbocycles. The molecule has 0 aliphatic heterocycles. The second kappa shape index (κ2) is 7.05. The van der Waals surface area contributed by atoms with Crippen LogP contribution in [0.2, 0.25) is 0 Å². The summed E-state index contributed by atoms with van der Waals surface area (Å²) in [7, 11) is 1.74. The average molecular weight is 265 g/mol. The summed E-state index contributed by atoms with van der Waals surface area (Å²) in [6.45, 7) is 0.602. The smallest absolute Gasteiger partial charge is 0.122 e. The van der Waals surface area contributed by atoms with Gasteiger partial charge in [0.25, 0.3) is 0 Å². The molecule has 2 rings (SSSR count). The van der Waals surface area contributed by atoms with E-state index in [9.17, 15) is 0 Å². The number of hydrogen-bond acceptors (Lipinski definition) is 3. The summed E-state index contributed by atoms with van der Waals surface area (Å²) < 4.78 is 5.43. The van der Waals surface area contributed by atoms with Crippen molar-refractivity contribution in [3.05, 3.63) is 29.3 Å². The SMILES string of the molecule is COc1ccc(CN)cc1CSC1CCCCC1. The van der Waals surface area contributed by atoms with Gasteiger partial charge in [0, 0.05) is 23.1 Å². The Morgan fingerprint density at radius 3 is 2.72 bits per heavy atom. The Kier molecular flexibility index (Phi) is 5.39. The van der Waals surface area contributed by atoms with Gasteiger partial charge in [-0.3, -0.25) is 0 Å². The zero-order valence-electron chi connectivity index (χ0n) is 11.2. The monoisotopic (exact) mass is 265 g/mol. The van der Waals surface area contributed by atoms with E-state index in [1.807, 2.05) is 12.1 Å². The summed E-state index contributed by atoms with van der Waals surface area (Å²) in [6.07, 6.45) is 6.98. The maximum absolute atomic E-state index is 5.70. The quantitative estimate of drug-likeness (QED) is 0.881. The Labute approximate surface area is 114 Å². The van der Waals surface area contributed by atoms with Crippen LogP contribution in [-0.2, 0) is 12.3 Å². The predicted octanol–water partition coefficient (Wildman–Crippen LogP) is 3.72. The van der Waals surface area contributed by atoms with Gasteiger partial charge < -0.3 is 10.5 Å². The number of nitrogens with two attached hydrogens (primary N) is 1. The van der Waals surface area contributed by atoms with E-state index in [4.69, 9.17) is 10.5 Å². The third kappa shape index (κ3) is 3.66. The molecule has 2 nitrogen and oxygen atoms in total. The molecule has 3 heteroatoms. The maximum Gasteiger partial charge on any atom is 0.122 e. The van der Waals surface area contributed by atoms with Crippen molar-refractivity contribution in [2.24, 2.45) is 5.73 Å². The molecule has 0 radical (unpaired) electrons. The van der Waals surface area contributed by atoms with Gasteiger partial charge in [0.15, 0.2) is 0 Å². The van der Waals surface area contributed by atoms with Crippen LogP contribution in [0.15, 0.2) is 18.2 Å². The second-order valence-corrected chi connectivity index (χ2v) is 6.21. The lowest BCUT2D eigenvalue weighted by Crippen LogP contribution is -2.08. The van der Waals surface area contributed by atoms with Crippen molar-refractivity contribution >= 4 is 11.8 Å². The van der Waals surface area contributed by atoms with Crippen molar-refractivity contribution in [1.82, 2.24) is 0 Å². The first kappa shape index (κ1) is 13.8. The normalized spacial score (nSPS) is 16.8. The highest BCUT2D eigenvalue weighted by molar-refractivity contribution is 7.99. The van der Waals surface area contributed by atoms with E-state index in [0.717, 1.165) is 16.8 Å². The van der Waals surface area contributed by atoms with Crippen LogP contribution >= 0.6 is 11.8 Å². The minimum atomic E-state index is 0.602. The minimum Gasteiger partial charge on any atom is -0.496 e. The molecular formula is C15H23NOS. The summed E-state index contributed by atoms with van der Waals surface area (Å²) in [5.74, 6) is 2.04. The number of benzene rings is 1. The number of rotatable bonds is 5. The number of methoxy groups -OCH3 is 1. The largest absolute Gasteiger partial charge is 0.496 e. The molecule has 18 heavy (non-hydrogen) atoms. The van der Waals surface area contributed by atoms with E-state index in [1.165, 1.54) is 43.2 Å². The zero-order valence-corrected chi connectivity index (χ0v) is 12.0. The van der Waals surface area contributed by atoms with Crippen molar-refractivity contribution in [1.29, 1.82) is 0 Å². The van der Waals surface area contributed by atoms with Gasteiger partial charge in [0.1, 0.15) is 5.75 Å². The maximum atomic E-state index is 5.70. The first-order valence-corrected chi connectivity index (χ1v) is 7.86. The van der Waals surface area contributed by atoms with Crippen LogP contribution in [0.1, 0.15) is 43.2 Å². The fourth-order valence-electron chi connectivity index (χ4n) is 2.51. The van der Waals surface area contributed by atoms with Gasteiger partial charge >= 0.3 is 0 Å². The van der Waals surface area contributed by atoms with Crippen LogP contribution in [0, 0.1) is 0 Å². The van der Waals surface area contributed by atoms with Crippen molar-refractivity contribution < 1.29 is 4.74 Å². The van der Waals surface area contributed by atoms with Crippen LogP contribution in [0.4, 0.5) is 0 Å². The number of thioether (sulfide) groups is 1. The first-order valence-electron chi connectivity index (χ1n) is 6.81. The van der Waals surface area contributed by atoms with Crippen molar-refractivity contribution in [2.75, 3.05) is 7.11 Å². The van der Waals surface area contributed by atoms with Crippen molar-refractivity contribution in [3.63, 3.8) is 0 Å². The Morgan fingerprint density at radius 1 is 1.28 bits per heavy atom. The van der Waals surface area contributed by atoms with E-state index in [2.05, 4.69) is 17.8 Å². The lowest BCUT2D eigenvalue weighted by molar-refractivity contribution is 0.411. The van der Waals surface area contributed by atoms with Gasteiger partial charge in [-0.2, -0.15) is 11.8 Å². The first-order chi connectivity index (χ1) is 8.83. The van der Waals surface area contributed by atoms with E-state index in [1.54, 1.807) is 7.11 Å². The molecule has 0 amide bonds. The fourth-order valence-corrected chi connectivity index (χ4v) is 3.82. The molecular weight excluding hydrogens is 242 g/mol. The molecule has 0 spiro atoms. The fraction of sp³-hybridized carbons (Fsp3) is 0.600. The minimum absolute atomic E-state index is 0.602. The third-order valence-electron chi connectivity index (χ3n) is 3.61. The Bertz CT molecular complexity index is 375. The Morgan fingerprint density at radius 2 is 2.06 bits per heavy atom. The summed E-state index contributed by atoms with van der Waals surface area (Å²) in [5, 5.41) is 0.838. The molecule has 1 fully saturated rings. The van der Waals surface area contributed by atoms with Crippen LogP contribution in [0.3, 0.4) is 0 Å². The molecule has 1 saturated carbocycles. The predicted molar refractivity (Wildman–Crippen MR) is 79.1 cm³/mol. The van der Waals surface area contributed by atoms with E-state index < -0.39 is 0 Å². The van der Waals surface area contributed by atoms with Crippen LogP contribution in [0.5, 0.6) is 5.75 Å². The van der Waals surface area contributed by atoms with Crippen LogP contribution < -0.4 is 10.5 Å². The van der Waals surface area contributed by atoms with Gasteiger partial charge in [-0.25, -0.2) is 0 Å². The Balaban J connectivity index is 1.97. The molecule has 1 aliphatic rings. The van der Waals surface area contributed by atoms with Gasteiger partial charge in [0.2, 0.25) is 0 Å². The van der Waals surface area contributed by atoms with E-state index in [-0.39, 0.29) is 0 Å². The highest BCUT2D eigenvalue weighted by Gasteiger charge is 2.14. The zero-order chi connectivity index (χ0) is 12.8. The highest BCUT2D eigenvalue weighted by atomic mass is 32.2. The topological polar surface area (TPSA) is 35.2 Å². The number of ether oxygens (including phenoxy) is 1. The molecule has 0 unspecified atom stereocenters. The molecule has 2 N–H and O–H groups in total. The summed E-state index contributed by atoms with van der Waals surface area (Å²) in [4.78, 5) is 0. The van der Waals surface area contributed by atoms with Crippen molar-refractivity contribution in [2.45, 2.75) is 49.7 Å². The lowest BCUT2D eigenvalue weighted by Gasteiger charge is -2.21. The van der Waals surface area contributed by atoms with Crippen LogP contribution in [-0.4, -0.2) is 12.4 Å². The molecule has 0 heterocycles. The highest BCUT2D eigenvalue weighted by Crippen LogP contribution is 2.33. The standard InChI is InChI=1S/C15H23NOS/c1-17-15-8-7-12(10-16)9-13(15)11-18-14-5-3-2-4-6-14/h7-9,14H,2-6,10-11,16H2,1H3. The molecule has 0 aromatic heterocycles.